The highest BCUT2D eigenvalue weighted by atomic mass is 16.6. The van der Waals surface area contributed by atoms with E-state index in [4.69, 9.17) is 9.47 Å². The molecule has 3 atom stereocenters. The molecule has 3 heterocycles. The van der Waals surface area contributed by atoms with Crippen LogP contribution in [0.25, 0.3) is 0 Å². The molecule has 0 aromatic heterocycles. The fourth-order valence-corrected chi connectivity index (χ4v) is 5.21. The van der Waals surface area contributed by atoms with Gasteiger partial charge in [0.25, 0.3) is 0 Å². The molecule has 1 aromatic rings. The Hall–Kier alpha value is -2.32. The number of nitrogens with one attached hydrogen (secondary N) is 1. The van der Waals surface area contributed by atoms with E-state index in [1.165, 1.54) is 0 Å². The summed E-state index contributed by atoms with van der Waals surface area (Å²) >= 11 is 0. The van der Waals surface area contributed by atoms with Gasteiger partial charge in [-0.25, -0.2) is 9.59 Å². The van der Waals surface area contributed by atoms with Crippen molar-refractivity contribution in [2.75, 3.05) is 19.6 Å². The van der Waals surface area contributed by atoms with Crippen LogP contribution in [-0.2, 0) is 16.1 Å². The fourth-order valence-electron chi connectivity index (χ4n) is 5.21. The number of carbonyl (C=O) groups excluding carboxylic acids is 2. The van der Waals surface area contributed by atoms with Crippen LogP contribution in [0.1, 0.15) is 58.4 Å². The van der Waals surface area contributed by atoms with Crippen molar-refractivity contribution in [3.8, 4) is 0 Å². The maximum atomic E-state index is 12.7. The lowest BCUT2D eigenvalue weighted by Gasteiger charge is -2.44. The Bertz CT molecular complexity index is 820. The summed E-state index contributed by atoms with van der Waals surface area (Å²) in [5, 5.41) is 14.7. The minimum absolute atomic E-state index is 0.0309. The van der Waals surface area contributed by atoms with Gasteiger partial charge in [-0.05, 0) is 65.0 Å². The number of benzene rings is 1. The molecule has 1 aromatic carbocycles. The Labute approximate surface area is 196 Å². The van der Waals surface area contributed by atoms with Crippen molar-refractivity contribution < 1.29 is 24.2 Å². The first-order chi connectivity index (χ1) is 15.6. The summed E-state index contributed by atoms with van der Waals surface area (Å²) in [7, 11) is 0. The molecule has 33 heavy (non-hydrogen) atoms. The van der Waals surface area contributed by atoms with Gasteiger partial charge in [-0.3, -0.25) is 0 Å². The summed E-state index contributed by atoms with van der Waals surface area (Å²) < 4.78 is 10.9. The number of amides is 2. The zero-order chi connectivity index (χ0) is 23.6. The van der Waals surface area contributed by atoms with Gasteiger partial charge in [0.05, 0.1) is 5.60 Å². The van der Waals surface area contributed by atoms with Gasteiger partial charge < -0.3 is 29.7 Å². The monoisotopic (exact) mass is 459 g/mol. The van der Waals surface area contributed by atoms with Gasteiger partial charge in [0, 0.05) is 31.2 Å². The van der Waals surface area contributed by atoms with E-state index < -0.39 is 11.2 Å². The molecular weight excluding hydrogens is 422 g/mol. The van der Waals surface area contributed by atoms with E-state index in [0.29, 0.717) is 38.9 Å². The van der Waals surface area contributed by atoms with Gasteiger partial charge in [0.15, 0.2) is 0 Å². The van der Waals surface area contributed by atoms with E-state index in [-0.39, 0.29) is 36.9 Å². The second-order valence-electron chi connectivity index (χ2n) is 10.8. The molecule has 2 N–H and O–H groups in total. The average molecular weight is 460 g/mol. The van der Waals surface area contributed by atoms with Crippen molar-refractivity contribution in [2.24, 2.45) is 0 Å². The first-order valence-electron chi connectivity index (χ1n) is 12.0. The zero-order valence-electron chi connectivity index (χ0n) is 20.0. The number of carbonyl (C=O) groups is 2. The molecular formula is C25H37N3O5. The molecule has 4 rings (SSSR count). The van der Waals surface area contributed by atoms with E-state index in [1.807, 2.05) is 56.0 Å². The smallest absolute Gasteiger partial charge is 0.410 e. The number of aliphatic hydroxyl groups is 1. The highest BCUT2D eigenvalue weighted by molar-refractivity contribution is 5.69. The number of likely N-dealkylation sites (tertiary alicyclic amines) is 1. The standard InChI is InChI=1S/C25H37N3O5/c1-24(2,3)33-22(29)27-15-19(16-27)26-12-11-25(31)13-20-9-10-21(14-25)28(20)23(30)32-17-18-7-5-4-6-8-18/h4-8,19-21,26,31H,9-17H2,1-3H3/t20-,21+,25?. The molecule has 1 unspecified atom stereocenters. The maximum absolute atomic E-state index is 12.7. The van der Waals surface area contributed by atoms with Crippen LogP contribution < -0.4 is 5.32 Å². The molecule has 3 aliphatic rings. The van der Waals surface area contributed by atoms with E-state index in [9.17, 15) is 14.7 Å². The van der Waals surface area contributed by atoms with Gasteiger partial charge in [-0.2, -0.15) is 0 Å². The Kier molecular flexibility index (Phi) is 6.86. The molecule has 0 aliphatic carbocycles. The average Bonchev–Trinajstić information content (AvgIpc) is 2.99. The molecule has 2 amide bonds. The molecule has 0 radical (unpaired) electrons. The van der Waals surface area contributed by atoms with Crippen molar-refractivity contribution in [3.05, 3.63) is 35.9 Å². The van der Waals surface area contributed by atoms with Crippen LogP contribution >= 0.6 is 0 Å². The third-order valence-corrected chi connectivity index (χ3v) is 6.82. The van der Waals surface area contributed by atoms with Crippen molar-refractivity contribution in [1.82, 2.24) is 15.1 Å². The summed E-state index contributed by atoms with van der Waals surface area (Å²) in [6.07, 6.45) is 3.07. The summed E-state index contributed by atoms with van der Waals surface area (Å²) in [4.78, 5) is 28.3. The van der Waals surface area contributed by atoms with Crippen molar-refractivity contribution >= 4 is 12.2 Å². The Morgan fingerprint density at radius 3 is 2.33 bits per heavy atom. The number of fused-ring (bicyclic) bond motifs is 2. The number of piperidine rings is 1. The van der Waals surface area contributed by atoms with Crippen LogP contribution in [0.2, 0.25) is 0 Å². The highest BCUT2D eigenvalue weighted by Crippen LogP contribution is 2.42. The van der Waals surface area contributed by atoms with E-state index in [2.05, 4.69) is 5.32 Å². The number of hydrogen-bond acceptors (Lipinski definition) is 6. The molecule has 3 aliphatic heterocycles. The second-order valence-corrected chi connectivity index (χ2v) is 10.8. The third-order valence-electron chi connectivity index (χ3n) is 6.82. The molecule has 3 fully saturated rings. The molecule has 0 saturated carbocycles. The molecule has 3 saturated heterocycles. The first-order valence-corrected chi connectivity index (χ1v) is 12.0. The number of ether oxygens (including phenoxy) is 2. The third kappa shape index (κ3) is 5.98. The molecule has 0 spiro atoms. The molecule has 8 heteroatoms. The summed E-state index contributed by atoms with van der Waals surface area (Å²) in [6, 6.07) is 9.98. The normalized spacial score (nSPS) is 27.3. The van der Waals surface area contributed by atoms with Crippen LogP contribution in [-0.4, -0.2) is 76.1 Å². The van der Waals surface area contributed by atoms with Crippen molar-refractivity contribution in [2.45, 2.75) is 88.8 Å². The van der Waals surface area contributed by atoms with Crippen LogP contribution in [0.15, 0.2) is 30.3 Å². The largest absolute Gasteiger partial charge is 0.445 e. The lowest BCUT2D eigenvalue weighted by atomic mass is 9.83. The van der Waals surface area contributed by atoms with Gasteiger partial charge in [0.2, 0.25) is 0 Å². The van der Waals surface area contributed by atoms with Crippen LogP contribution in [0.4, 0.5) is 9.59 Å². The summed E-state index contributed by atoms with van der Waals surface area (Å²) in [5.41, 5.74) is -0.288. The summed E-state index contributed by atoms with van der Waals surface area (Å²) in [6.45, 7) is 7.79. The first kappa shape index (κ1) is 23.8. The maximum Gasteiger partial charge on any atom is 0.410 e. The number of nitrogens with zero attached hydrogens (tertiary/aromatic N) is 2. The number of hydrogen-bond donors (Lipinski definition) is 2. The van der Waals surface area contributed by atoms with E-state index in [1.54, 1.807) is 4.90 Å². The van der Waals surface area contributed by atoms with Gasteiger partial charge in [-0.1, -0.05) is 30.3 Å². The van der Waals surface area contributed by atoms with E-state index in [0.717, 1.165) is 18.4 Å². The Morgan fingerprint density at radius 1 is 1.09 bits per heavy atom. The highest BCUT2D eigenvalue weighted by Gasteiger charge is 2.49. The van der Waals surface area contributed by atoms with Gasteiger partial charge in [0.1, 0.15) is 12.2 Å². The van der Waals surface area contributed by atoms with Crippen LogP contribution in [0, 0.1) is 0 Å². The minimum Gasteiger partial charge on any atom is -0.445 e. The molecule has 182 valence electrons. The molecule has 8 nitrogen and oxygen atoms in total. The van der Waals surface area contributed by atoms with Crippen LogP contribution in [0.3, 0.4) is 0 Å². The minimum atomic E-state index is -0.774. The zero-order valence-corrected chi connectivity index (χ0v) is 20.0. The van der Waals surface area contributed by atoms with Gasteiger partial charge in [-0.15, -0.1) is 0 Å². The predicted octanol–water partition coefficient (Wildman–Crippen LogP) is 3.28. The van der Waals surface area contributed by atoms with Gasteiger partial charge >= 0.3 is 12.2 Å². The predicted molar refractivity (Wildman–Crippen MR) is 124 cm³/mol. The van der Waals surface area contributed by atoms with Crippen LogP contribution in [0.5, 0.6) is 0 Å². The Balaban J connectivity index is 1.19. The van der Waals surface area contributed by atoms with Crippen molar-refractivity contribution in [3.63, 3.8) is 0 Å². The fraction of sp³-hybridized carbons (Fsp3) is 0.680. The van der Waals surface area contributed by atoms with E-state index >= 15 is 0 Å². The second kappa shape index (κ2) is 9.50. The lowest BCUT2D eigenvalue weighted by Crippen LogP contribution is -2.61. The Morgan fingerprint density at radius 2 is 1.73 bits per heavy atom. The number of rotatable bonds is 6. The SMILES string of the molecule is CC(C)(C)OC(=O)N1CC(NCCC2(O)C[C@H]3CC[C@@H](C2)N3C(=O)OCc2ccccc2)C1. The molecule has 2 bridgehead atoms. The summed E-state index contributed by atoms with van der Waals surface area (Å²) in [5.74, 6) is 0. The lowest BCUT2D eigenvalue weighted by molar-refractivity contribution is -0.0549. The quantitative estimate of drug-likeness (QED) is 0.678. The topological polar surface area (TPSA) is 91.3 Å². The van der Waals surface area contributed by atoms with Crippen molar-refractivity contribution in [1.29, 1.82) is 0 Å².